The van der Waals surface area contributed by atoms with Crippen molar-refractivity contribution in [3.05, 3.63) is 24.5 Å². The predicted octanol–water partition coefficient (Wildman–Crippen LogP) is -0.124. The number of aromatic nitrogens is 1. The zero-order valence-corrected chi connectivity index (χ0v) is 6.21. The monoisotopic (exact) mass is 161 g/mol. The van der Waals surface area contributed by atoms with Crippen LogP contribution in [-0.4, -0.2) is 19.4 Å². The van der Waals surface area contributed by atoms with Crippen molar-refractivity contribution >= 4 is 10.1 Å². The summed E-state index contributed by atoms with van der Waals surface area (Å²) in [5, 5.41) is 0. The molecule has 0 saturated carbocycles. The van der Waals surface area contributed by atoms with Gasteiger partial charge in [-0.25, -0.2) is 0 Å². The van der Waals surface area contributed by atoms with Crippen LogP contribution in [0, 0.1) is 0 Å². The minimum absolute atomic E-state index is 0.993. The van der Waals surface area contributed by atoms with Crippen molar-refractivity contribution in [2.75, 3.05) is 6.26 Å². The van der Waals surface area contributed by atoms with E-state index < -0.39 is 10.1 Å². The summed E-state index contributed by atoms with van der Waals surface area (Å²) in [7, 11) is -3.38. The van der Waals surface area contributed by atoms with E-state index in [1.54, 1.807) is 12.1 Å². The maximum atomic E-state index is 10.5. The third-order valence-electron chi connectivity index (χ3n) is 0.799. The van der Waals surface area contributed by atoms with Gasteiger partial charge in [-0.05, 0) is 12.1 Å². The molecule has 0 amide bonds. The lowest BCUT2D eigenvalue weighted by atomic mass is 10.7. The summed E-state index contributed by atoms with van der Waals surface area (Å²) in [4.78, 5) is 0. The van der Waals surface area contributed by atoms with Gasteiger partial charge >= 0.3 is 10.1 Å². The van der Waals surface area contributed by atoms with Crippen molar-refractivity contribution in [1.82, 2.24) is 4.73 Å². The first-order valence-electron chi connectivity index (χ1n) is 2.61. The molecule has 0 radical (unpaired) electrons. The molecule has 0 saturated heterocycles. The first-order valence-corrected chi connectivity index (χ1v) is 4.42. The summed E-state index contributed by atoms with van der Waals surface area (Å²) in [5.74, 6) is 0. The van der Waals surface area contributed by atoms with Crippen molar-refractivity contribution in [3.8, 4) is 0 Å². The number of rotatable bonds is 2. The topological polar surface area (TPSA) is 48.3 Å². The van der Waals surface area contributed by atoms with Crippen molar-refractivity contribution in [3.63, 3.8) is 0 Å². The predicted molar refractivity (Wildman–Crippen MR) is 35.9 cm³/mol. The van der Waals surface area contributed by atoms with Crippen LogP contribution in [0.4, 0.5) is 0 Å². The normalized spacial score (nSPS) is 11.3. The van der Waals surface area contributed by atoms with Gasteiger partial charge in [0.25, 0.3) is 0 Å². The Balaban J connectivity index is 2.75. The van der Waals surface area contributed by atoms with Gasteiger partial charge in [-0.15, -0.1) is 0 Å². The smallest absolute Gasteiger partial charge is 0.288 e. The minimum atomic E-state index is -3.38. The third kappa shape index (κ3) is 2.10. The molecule has 1 aromatic rings. The Kier molecular flexibility index (Phi) is 1.67. The van der Waals surface area contributed by atoms with E-state index in [0.717, 1.165) is 11.0 Å². The van der Waals surface area contributed by atoms with E-state index in [4.69, 9.17) is 0 Å². The molecule has 0 aliphatic rings. The van der Waals surface area contributed by atoms with E-state index in [1.807, 2.05) is 0 Å². The average molecular weight is 161 g/mol. The molecule has 1 rings (SSSR count). The summed E-state index contributed by atoms with van der Waals surface area (Å²) < 4.78 is 26.5. The van der Waals surface area contributed by atoms with E-state index in [9.17, 15) is 8.42 Å². The quantitative estimate of drug-likeness (QED) is 0.607. The van der Waals surface area contributed by atoms with Gasteiger partial charge in [0, 0.05) is 12.4 Å². The molecule has 1 heterocycles. The number of hydrogen-bond acceptors (Lipinski definition) is 3. The molecule has 0 aliphatic carbocycles. The Labute approximate surface area is 59.1 Å². The molecule has 0 spiro atoms. The van der Waals surface area contributed by atoms with Crippen LogP contribution in [0.3, 0.4) is 0 Å². The Morgan fingerprint density at radius 3 is 2.20 bits per heavy atom. The molecular weight excluding hydrogens is 154 g/mol. The molecule has 0 aliphatic heterocycles. The van der Waals surface area contributed by atoms with Crippen molar-refractivity contribution in [1.29, 1.82) is 0 Å². The highest BCUT2D eigenvalue weighted by molar-refractivity contribution is 7.86. The maximum absolute atomic E-state index is 10.5. The molecular formula is C5H7NO3S. The Morgan fingerprint density at radius 2 is 1.80 bits per heavy atom. The molecule has 0 fully saturated rings. The van der Waals surface area contributed by atoms with Crippen LogP contribution in [0.1, 0.15) is 0 Å². The van der Waals surface area contributed by atoms with Gasteiger partial charge in [-0.2, -0.15) is 13.1 Å². The molecule has 1 aromatic heterocycles. The van der Waals surface area contributed by atoms with Crippen LogP contribution < -0.4 is 4.28 Å². The molecule has 10 heavy (non-hydrogen) atoms. The molecule has 0 unspecified atom stereocenters. The van der Waals surface area contributed by atoms with Crippen LogP contribution >= 0.6 is 0 Å². The first kappa shape index (κ1) is 7.14. The zero-order valence-electron chi connectivity index (χ0n) is 5.39. The summed E-state index contributed by atoms with van der Waals surface area (Å²) in [6.45, 7) is 0. The van der Waals surface area contributed by atoms with Gasteiger partial charge in [0.05, 0.1) is 6.26 Å². The second kappa shape index (κ2) is 2.34. The highest BCUT2D eigenvalue weighted by Gasteiger charge is 2.00. The minimum Gasteiger partial charge on any atom is -0.288 e. The average Bonchev–Trinajstić information content (AvgIpc) is 2.12. The summed E-state index contributed by atoms with van der Waals surface area (Å²) in [6.07, 6.45) is 4.00. The van der Waals surface area contributed by atoms with Gasteiger partial charge in [0.1, 0.15) is 0 Å². The Hall–Kier alpha value is -0.970. The second-order valence-corrected chi connectivity index (χ2v) is 3.38. The Morgan fingerprint density at radius 1 is 1.30 bits per heavy atom. The van der Waals surface area contributed by atoms with E-state index in [0.29, 0.717) is 0 Å². The maximum Gasteiger partial charge on any atom is 0.324 e. The van der Waals surface area contributed by atoms with Crippen LogP contribution in [0.25, 0.3) is 0 Å². The van der Waals surface area contributed by atoms with Crippen LogP contribution in [0.5, 0.6) is 0 Å². The fourth-order valence-electron chi connectivity index (χ4n) is 0.525. The molecule has 0 aromatic carbocycles. The molecule has 0 N–H and O–H groups in total. The largest absolute Gasteiger partial charge is 0.324 e. The van der Waals surface area contributed by atoms with Gasteiger partial charge in [0.2, 0.25) is 0 Å². The number of hydrogen-bond donors (Lipinski definition) is 0. The Bertz CT molecular complexity index is 287. The summed E-state index contributed by atoms with van der Waals surface area (Å²) in [5.41, 5.74) is 0. The van der Waals surface area contributed by atoms with Crippen LogP contribution in [0.15, 0.2) is 24.5 Å². The standard InChI is InChI=1S/C5H7NO3S/c1-10(7,8)9-6-4-2-3-5-6/h2-5H,1H3. The second-order valence-electron chi connectivity index (χ2n) is 1.82. The number of nitrogens with zero attached hydrogens (tertiary/aromatic N) is 1. The van der Waals surface area contributed by atoms with E-state index in [1.165, 1.54) is 12.4 Å². The molecule has 4 nitrogen and oxygen atoms in total. The molecule has 0 bridgehead atoms. The molecule has 5 heteroatoms. The fraction of sp³-hybridized carbons (Fsp3) is 0.200. The highest BCUT2D eigenvalue weighted by Crippen LogP contribution is 1.88. The van der Waals surface area contributed by atoms with Crippen LogP contribution in [0.2, 0.25) is 0 Å². The van der Waals surface area contributed by atoms with Crippen molar-refractivity contribution in [2.45, 2.75) is 0 Å². The van der Waals surface area contributed by atoms with Crippen molar-refractivity contribution < 1.29 is 12.7 Å². The fourth-order valence-corrected chi connectivity index (χ4v) is 0.937. The van der Waals surface area contributed by atoms with Crippen LogP contribution in [-0.2, 0) is 10.1 Å². The molecule has 0 atom stereocenters. The third-order valence-corrected chi connectivity index (χ3v) is 1.24. The van der Waals surface area contributed by atoms with Gasteiger partial charge < -0.3 is 0 Å². The lowest BCUT2D eigenvalue weighted by Gasteiger charge is -1.99. The zero-order chi connectivity index (χ0) is 7.61. The van der Waals surface area contributed by atoms with E-state index >= 15 is 0 Å². The summed E-state index contributed by atoms with van der Waals surface area (Å²) >= 11 is 0. The SMILES string of the molecule is CS(=O)(=O)On1cccc1. The van der Waals surface area contributed by atoms with E-state index in [-0.39, 0.29) is 0 Å². The molecule has 56 valence electrons. The lowest BCUT2D eigenvalue weighted by Crippen LogP contribution is -2.16. The van der Waals surface area contributed by atoms with Gasteiger partial charge in [-0.1, -0.05) is 0 Å². The lowest BCUT2D eigenvalue weighted by molar-refractivity contribution is 0.283. The van der Waals surface area contributed by atoms with Crippen molar-refractivity contribution in [2.24, 2.45) is 0 Å². The summed E-state index contributed by atoms with van der Waals surface area (Å²) in [6, 6.07) is 3.34. The van der Waals surface area contributed by atoms with Gasteiger partial charge in [0.15, 0.2) is 0 Å². The highest BCUT2D eigenvalue weighted by atomic mass is 32.2. The van der Waals surface area contributed by atoms with Gasteiger partial charge in [-0.3, -0.25) is 4.28 Å². The van der Waals surface area contributed by atoms with E-state index in [2.05, 4.69) is 4.28 Å². The first-order chi connectivity index (χ1) is 4.58.